The van der Waals surface area contributed by atoms with Crippen molar-refractivity contribution in [3.05, 3.63) is 95.0 Å². The van der Waals surface area contributed by atoms with E-state index in [0.717, 1.165) is 12.1 Å². The second kappa shape index (κ2) is 14.1. The molecule has 7 nitrogen and oxygen atoms in total. The number of nitrogens with zero attached hydrogens (tertiary/aromatic N) is 2. The molecule has 0 fully saturated rings. The summed E-state index contributed by atoms with van der Waals surface area (Å²) in [6.45, 7) is 4.54. The minimum absolute atomic E-state index is 0.0280. The predicted molar refractivity (Wildman–Crippen MR) is 156 cm³/mol. The number of alkyl halides is 3. The van der Waals surface area contributed by atoms with E-state index in [1.54, 1.807) is 43.3 Å². The molecule has 0 aliphatic heterocycles. The standard InChI is InChI=1S/C30H33ClF3N3O4S/c1-4-21(3)35-29(39)27(5-2)36(19-22-12-8-6-9-13-22)28(38)20-37(42(40,41)24-14-10-7-11-15-24)23-16-17-26(31)25(18-23)30(32,33)34/h6-18,21,27H,4-5,19-20H2,1-3H3,(H,35,39). The van der Waals surface area contributed by atoms with E-state index in [9.17, 15) is 31.2 Å². The lowest BCUT2D eigenvalue weighted by molar-refractivity contribution is -0.140. The van der Waals surface area contributed by atoms with Crippen molar-refractivity contribution in [1.29, 1.82) is 0 Å². The van der Waals surface area contributed by atoms with Gasteiger partial charge in [-0.05, 0) is 55.7 Å². The Kier molecular flexibility index (Phi) is 11.0. The van der Waals surface area contributed by atoms with Crippen LogP contribution < -0.4 is 9.62 Å². The van der Waals surface area contributed by atoms with Crippen LogP contribution in [-0.2, 0) is 32.3 Å². The maximum Gasteiger partial charge on any atom is 0.417 e. The third-order valence-corrected chi connectivity index (χ3v) is 8.85. The third kappa shape index (κ3) is 8.04. The van der Waals surface area contributed by atoms with Crippen LogP contribution in [0.15, 0.2) is 83.8 Å². The molecule has 0 spiro atoms. The van der Waals surface area contributed by atoms with Crippen LogP contribution in [0.4, 0.5) is 18.9 Å². The fraction of sp³-hybridized carbons (Fsp3) is 0.333. The van der Waals surface area contributed by atoms with E-state index >= 15 is 0 Å². The molecule has 0 aliphatic rings. The monoisotopic (exact) mass is 623 g/mol. The first kappa shape index (κ1) is 32.9. The van der Waals surface area contributed by atoms with Gasteiger partial charge in [0, 0.05) is 12.6 Å². The average Bonchev–Trinajstić information content (AvgIpc) is 2.96. The first-order valence-corrected chi connectivity index (χ1v) is 15.2. The molecule has 1 N–H and O–H groups in total. The number of benzene rings is 3. The minimum atomic E-state index is -4.88. The fourth-order valence-electron chi connectivity index (χ4n) is 4.27. The van der Waals surface area contributed by atoms with E-state index in [-0.39, 0.29) is 23.9 Å². The van der Waals surface area contributed by atoms with Crippen LogP contribution in [0, 0.1) is 0 Å². The molecule has 2 unspecified atom stereocenters. The summed E-state index contributed by atoms with van der Waals surface area (Å²) in [6, 6.07) is 17.4. The lowest BCUT2D eigenvalue weighted by Gasteiger charge is -2.34. The van der Waals surface area contributed by atoms with Crippen LogP contribution in [0.3, 0.4) is 0 Å². The Morgan fingerprint density at radius 2 is 1.52 bits per heavy atom. The molecule has 42 heavy (non-hydrogen) atoms. The van der Waals surface area contributed by atoms with E-state index in [2.05, 4.69) is 5.32 Å². The first-order chi connectivity index (χ1) is 19.8. The molecule has 0 heterocycles. The van der Waals surface area contributed by atoms with Gasteiger partial charge in [0.2, 0.25) is 11.8 Å². The van der Waals surface area contributed by atoms with Crippen LogP contribution >= 0.6 is 11.6 Å². The molecule has 0 saturated heterocycles. The zero-order valence-corrected chi connectivity index (χ0v) is 25.0. The third-order valence-electron chi connectivity index (χ3n) is 6.74. The highest BCUT2D eigenvalue weighted by Gasteiger charge is 2.37. The Morgan fingerprint density at radius 1 is 0.929 bits per heavy atom. The topological polar surface area (TPSA) is 86.8 Å². The van der Waals surface area contributed by atoms with Gasteiger partial charge in [0.25, 0.3) is 10.0 Å². The van der Waals surface area contributed by atoms with Crippen molar-refractivity contribution in [1.82, 2.24) is 10.2 Å². The molecule has 0 aromatic heterocycles. The summed E-state index contributed by atoms with van der Waals surface area (Å²) in [6.07, 6.45) is -4.01. The van der Waals surface area contributed by atoms with Gasteiger partial charge in [-0.25, -0.2) is 8.42 Å². The Hall–Kier alpha value is -3.57. The predicted octanol–water partition coefficient (Wildman–Crippen LogP) is 6.28. The van der Waals surface area contributed by atoms with Crippen molar-refractivity contribution < 1.29 is 31.2 Å². The van der Waals surface area contributed by atoms with E-state index in [1.165, 1.54) is 29.2 Å². The van der Waals surface area contributed by atoms with Gasteiger partial charge < -0.3 is 10.2 Å². The van der Waals surface area contributed by atoms with Crippen LogP contribution in [0.25, 0.3) is 0 Å². The fourth-order valence-corrected chi connectivity index (χ4v) is 5.93. The van der Waals surface area contributed by atoms with Crippen LogP contribution in [0.2, 0.25) is 5.02 Å². The van der Waals surface area contributed by atoms with Gasteiger partial charge in [-0.3, -0.25) is 13.9 Å². The normalized spacial score (nSPS) is 13.2. The van der Waals surface area contributed by atoms with E-state index < -0.39 is 56.9 Å². The molecule has 226 valence electrons. The quantitative estimate of drug-likeness (QED) is 0.257. The average molecular weight is 624 g/mol. The largest absolute Gasteiger partial charge is 0.417 e. The Morgan fingerprint density at radius 3 is 2.07 bits per heavy atom. The number of anilines is 1. The van der Waals surface area contributed by atoms with Crippen molar-refractivity contribution >= 4 is 39.1 Å². The van der Waals surface area contributed by atoms with Gasteiger partial charge in [0.05, 0.1) is 21.2 Å². The number of nitrogens with one attached hydrogen (secondary N) is 1. The van der Waals surface area contributed by atoms with Crippen molar-refractivity contribution in [2.75, 3.05) is 10.8 Å². The lowest BCUT2D eigenvalue weighted by atomic mass is 10.1. The van der Waals surface area contributed by atoms with Crippen molar-refractivity contribution in [3.8, 4) is 0 Å². The molecule has 0 aliphatic carbocycles. The number of carbonyl (C=O) groups excluding carboxylic acids is 2. The smallest absolute Gasteiger partial charge is 0.352 e. The highest BCUT2D eigenvalue weighted by atomic mass is 35.5. The Labute approximate surface area is 249 Å². The van der Waals surface area contributed by atoms with Crippen LogP contribution in [-0.4, -0.2) is 43.8 Å². The second-order valence-electron chi connectivity index (χ2n) is 9.74. The van der Waals surface area contributed by atoms with Gasteiger partial charge in [-0.1, -0.05) is 74.0 Å². The van der Waals surface area contributed by atoms with E-state index in [0.29, 0.717) is 22.4 Å². The molecule has 0 radical (unpaired) electrons. The lowest BCUT2D eigenvalue weighted by Crippen LogP contribution is -2.53. The summed E-state index contributed by atoms with van der Waals surface area (Å²) in [7, 11) is -4.53. The minimum Gasteiger partial charge on any atom is -0.352 e. The SMILES string of the molecule is CCC(C)NC(=O)C(CC)N(Cc1ccccc1)C(=O)CN(c1ccc(Cl)c(C(F)(F)F)c1)S(=O)(=O)c1ccccc1. The van der Waals surface area contributed by atoms with Crippen LogP contribution in [0.1, 0.15) is 44.7 Å². The number of hydrogen-bond donors (Lipinski definition) is 1. The number of hydrogen-bond acceptors (Lipinski definition) is 4. The molecule has 2 amide bonds. The molecule has 0 bridgehead atoms. The molecule has 12 heteroatoms. The highest BCUT2D eigenvalue weighted by molar-refractivity contribution is 7.92. The first-order valence-electron chi connectivity index (χ1n) is 13.4. The highest BCUT2D eigenvalue weighted by Crippen LogP contribution is 2.38. The maximum atomic E-state index is 14.0. The number of halogens is 4. The number of amides is 2. The molecule has 0 saturated carbocycles. The van der Waals surface area contributed by atoms with E-state index in [1.807, 2.05) is 13.8 Å². The van der Waals surface area contributed by atoms with E-state index in [4.69, 9.17) is 11.6 Å². The Balaban J connectivity index is 2.12. The van der Waals surface area contributed by atoms with Gasteiger partial charge in [0.1, 0.15) is 12.6 Å². The molecular formula is C30H33ClF3N3O4S. The van der Waals surface area contributed by atoms with Gasteiger partial charge >= 0.3 is 6.18 Å². The number of sulfonamides is 1. The summed E-state index contributed by atoms with van der Waals surface area (Å²) >= 11 is 5.80. The summed E-state index contributed by atoms with van der Waals surface area (Å²) in [4.78, 5) is 28.3. The zero-order valence-electron chi connectivity index (χ0n) is 23.4. The van der Waals surface area contributed by atoms with Crippen molar-refractivity contribution in [3.63, 3.8) is 0 Å². The summed E-state index contributed by atoms with van der Waals surface area (Å²) in [5, 5.41) is 2.25. The molecular weight excluding hydrogens is 591 g/mol. The molecule has 3 rings (SSSR count). The number of carbonyl (C=O) groups is 2. The second-order valence-corrected chi connectivity index (χ2v) is 12.0. The summed E-state index contributed by atoms with van der Waals surface area (Å²) < 4.78 is 69.5. The van der Waals surface area contributed by atoms with Gasteiger partial charge in [-0.2, -0.15) is 13.2 Å². The van der Waals surface area contributed by atoms with Gasteiger partial charge in [-0.15, -0.1) is 0 Å². The summed E-state index contributed by atoms with van der Waals surface area (Å²) in [5.74, 6) is -1.19. The van der Waals surface area contributed by atoms with Gasteiger partial charge in [0.15, 0.2) is 0 Å². The van der Waals surface area contributed by atoms with Crippen molar-refractivity contribution in [2.24, 2.45) is 0 Å². The maximum absolute atomic E-state index is 14.0. The summed E-state index contributed by atoms with van der Waals surface area (Å²) in [5.41, 5.74) is -0.965. The zero-order chi connectivity index (χ0) is 31.1. The van der Waals surface area contributed by atoms with Crippen LogP contribution in [0.5, 0.6) is 0 Å². The Bertz CT molecular complexity index is 1470. The van der Waals surface area contributed by atoms with Crippen molar-refractivity contribution in [2.45, 2.75) is 63.3 Å². The molecule has 3 aromatic rings. The molecule has 2 atom stereocenters. The molecule has 3 aromatic carbocycles. The number of rotatable bonds is 12.